The van der Waals surface area contributed by atoms with Gasteiger partial charge in [-0.1, -0.05) is 6.07 Å². The van der Waals surface area contributed by atoms with Gasteiger partial charge in [0.1, 0.15) is 11.3 Å². The lowest BCUT2D eigenvalue weighted by Crippen LogP contribution is -2.23. The fourth-order valence-electron chi connectivity index (χ4n) is 2.85. The number of ether oxygens (including phenoxy) is 1. The highest BCUT2D eigenvalue weighted by molar-refractivity contribution is 5.84. The standard InChI is InChI=1S/C19H20N2O5/c1-11-6-12(2)19-15(7-11)13(8-18(23)25-19)10-20-16(22)5-4-14-9-17(24-3)21-26-14/h6-9H,4-5,10H2,1-3H3,(H,20,22). The van der Waals surface area contributed by atoms with Crippen LogP contribution >= 0.6 is 0 Å². The summed E-state index contributed by atoms with van der Waals surface area (Å²) >= 11 is 0. The molecule has 0 unspecified atom stereocenters. The molecule has 0 atom stereocenters. The van der Waals surface area contributed by atoms with Gasteiger partial charge in [0.2, 0.25) is 5.91 Å². The van der Waals surface area contributed by atoms with Crippen LogP contribution in [0.15, 0.2) is 38.0 Å². The second-order valence-corrected chi connectivity index (χ2v) is 6.16. The van der Waals surface area contributed by atoms with E-state index in [0.29, 0.717) is 23.6 Å². The van der Waals surface area contributed by atoms with E-state index in [1.807, 2.05) is 26.0 Å². The van der Waals surface area contributed by atoms with Crippen molar-refractivity contribution in [2.75, 3.05) is 7.11 Å². The van der Waals surface area contributed by atoms with Crippen molar-refractivity contribution in [2.24, 2.45) is 0 Å². The lowest BCUT2D eigenvalue weighted by atomic mass is 10.0. The van der Waals surface area contributed by atoms with E-state index in [4.69, 9.17) is 13.7 Å². The van der Waals surface area contributed by atoms with Gasteiger partial charge in [0, 0.05) is 36.9 Å². The van der Waals surface area contributed by atoms with Crippen molar-refractivity contribution in [3.05, 3.63) is 57.1 Å². The van der Waals surface area contributed by atoms with Gasteiger partial charge < -0.3 is 19.0 Å². The summed E-state index contributed by atoms with van der Waals surface area (Å²) in [7, 11) is 1.50. The van der Waals surface area contributed by atoms with Gasteiger partial charge in [0.25, 0.3) is 5.88 Å². The largest absolute Gasteiger partial charge is 0.479 e. The average molecular weight is 356 g/mol. The number of nitrogens with one attached hydrogen (secondary N) is 1. The molecular formula is C19H20N2O5. The maximum absolute atomic E-state index is 12.1. The van der Waals surface area contributed by atoms with Gasteiger partial charge in [0.05, 0.1) is 7.11 Å². The molecule has 0 aliphatic carbocycles. The molecule has 136 valence electrons. The van der Waals surface area contributed by atoms with Gasteiger partial charge >= 0.3 is 5.63 Å². The molecule has 2 aromatic heterocycles. The summed E-state index contributed by atoms with van der Waals surface area (Å²) in [6.07, 6.45) is 0.661. The number of hydrogen-bond donors (Lipinski definition) is 1. The van der Waals surface area contributed by atoms with Crippen LogP contribution in [0.1, 0.15) is 28.9 Å². The maximum atomic E-state index is 12.1. The van der Waals surface area contributed by atoms with Crippen LogP contribution in [0.5, 0.6) is 5.88 Å². The number of nitrogens with zero attached hydrogens (tertiary/aromatic N) is 1. The fourth-order valence-corrected chi connectivity index (χ4v) is 2.85. The van der Waals surface area contributed by atoms with Crippen LogP contribution in [0.3, 0.4) is 0 Å². The summed E-state index contributed by atoms with van der Waals surface area (Å²) < 4.78 is 15.3. The quantitative estimate of drug-likeness (QED) is 0.682. The van der Waals surface area contributed by atoms with E-state index in [9.17, 15) is 9.59 Å². The summed E-state index contributed by atoms with van der Waals surface area (Å²) in [5.74, 6) is 0.814. The van der Waals surface area contributed by atoms with E-state index >= 15 is 0 Å². The molecule has 0 aliphatic heterocycles. The first-order valence-corrected chi connectivity index (χ1v) is 8.26. The Balaban J connectivity index is 1.69. The lowest BCUT2D eigenvalue weighted by Gasteiger charge is -2.09. The third kappa shape index (κ3) is 3.93. The van der Waals surface area contributed by atoms with E-state index in [1.54, 1.807) is 6.07 Å². The van der Waals surface area contributed by atoms with E-state index in [2.05, 4.69) is 10.5 Å². The molecule has 26 heavy (non-hydrogen) atoms. The second kappa shape index (κ2) is 7.43. The molecule has 2 heterocycles. The number of rotatable bonds is 6. The summed E-state index contributed by atoms with van der Waals surface area (Å²) in [5, 5.41) is 7.36. The highest BCUT2D eigenvalue weighted by atomic mass is 16.5. The zero-order valence-corrected chi connectivity index (χ0v) is 14.9. The minimum atomic E-state index is -0.428. The van der Waals surface area contributed by atoms with Gasteiger partial charge in [0.15, 0.2) is 0 Å². The normalized spacial score (nSPS) is 10.9. The first-order valence-electron chi connectivity index (χ1n) is 8.26. The van der Waals surface area contributed by atoms with Crippen molar-refractivity contribution in [3.8, 4) is 5.88 Å². The van der Waals surface area contributed by atoms with Crippen LogP contribution in [0, 0.1) is 13.8 Å². The lowest BCUT2D eigenvalue weighted by molar-refractivity contribution is -0.121. The van der Waals surface area contributed by atoms with Gasteiger partial charge in [-0.15, -0.1) is 0 Å². The number of aryl methyl sites for hydroxylation is 3. The van der Waals surface area contributed by atoms with Crippen LogP contribution in [0.4, 0.5) is 0 Å². The third-order valence-electron chi connectivity index (χ3n) is 4.08. The molecule has 0 fully saturated rings. The molecule has 7 nitrogen and oxygen atoms in total. The van der Waals surface area contributed by atoms with Crippen molar-refractivity contribution in [1.82, 2.24) is 10.5 Å². The predicted molar refractivity (Wildman–Crippen MR) is 95.2 cm³/mol. The molecule has 0 saturated carbocycles. The molecular weight excluding hydrogens is 336 g/mol. The van der Waals surface area contributed by atoms with E-state index in [0.717, 1.165) is 22.1 Å². The first-order chi connectivity index (χ1) is 12.5. The second-order valence-electron chi connectivity index (χ2n) is 6.16. The van der Waals surface area contributed by atoms with Crippen molar-refractivity contribution in [2.45, 2.75) is 33.2 Å². The zero-order chi connectivity index (χ0) is 18.7. The topological polar surface area (TPSA) is 94.6 Å². The predicted octanol–water partition coefficient (Wildman–Crippen LogP) is 2.66. The van der Waals surface area contributed by atoms with Crippen LogP contribution in [0.25, 0.3) is 11.0 Å². The SMILES string of the molecule is COc1cc(CCC(=O)NCc2cc(=O)oc3c(C)cc(C)cc23)on1. The number of fused-ring (bicyclic) bond motifs is 1. The fraction of sp³-hybridized carbons (Fsp3) is 0.316. The number of amides is 1. The summed E-state index contributed by atoms with van der Waals surface area (Å²) in [6, 6.07) is 6.98. The molecule has 0 radical (unpaired) electrons. The molecule has 0 bridgehead atoms. The molecule has 7 heteroatoms. The number of benzene rings is 1. The molecule has 0 spiro atoms. The first kappa shape index (κ1) is 17.7. The minimum Gasteiger partial charge on any atom is -0.479 e. The highest BCUT2D eigenvalue weighted by Crippen LogP contribution is 2.22. The van der Waals surface area contributed by atoms with E-state index in [-0.39, 0.29) is 18.9 Å². The molecule has 1 aromatic carbocycles. The Kier molecular flexibility index (Phi) is 5.06. The number of carbonyl (C=O) groups excluding carboxylic acids is 1. The number of hydrogen-bond acceptors (Lipinski definition) is 6. The molecule has 0 saturated heterocycles. The highest BCUT2D eigenvalue weighted by Gasteiger charge is 2.11. The van der Waals surface area contributed by atoms with Crippen LogP contribution in [0.2, 0.25) is 0 Å². The summed E-state index contributed by atoms with van der Waals surface area (Å²) in [6.45, 7) is 4.13. The Hall–Kier alpha value is -3.09. The van der Waals surface area contributed by atoms with Crippen LogP contribution < -0.4 is 15.7 Å². The molecule has 3 aromatic rings. The van der Waals surface area contributed by atoms with Gasteiger partial charge in [-0.2, -0.15) is 0 Å². The third-order valence-corrected chi connectivity index (χ3v) is 4.08. The molecule has 3 rings (SSSR count). The number of carbonyl (C=O) groups is 1. The Labute approximate surface area is 149 Å². The van der Waals surface area contributed by atoms with E-state index < -0.39 is 5.63 Å². The van der Waals surface area contributed by atoms with Crippen molar-refractivity contribution < 1.29 is 18.5 Å². The zero-order valence-electron chi connectivity index (χ0n) is 14.9. The Morgan fingerprint density at radius 1 is 1.23 bits per heavy atom. The number of methoxy groups -OCH3 is 1. The summed E-state index contributed by atoms with van der Waals surface area (Å²) in [4.78, 5) is 23.9. The Bertz CT molecular complexity index is 1000. The van der Waals surface area contributed by atoms with Gasteiger partial charge in [-0.3, -0.25) is 4.79 Å². The van der Waals surface area contributed by atoms with Crippen molar-refractivity contribution in [3.63, 3.8) is 0 Å². The molecule has 0 aliphatic rings. The molecule has 1 amide bonds. The Morgan fingerprint density at radius 3 is 2.77 bits per heavy atom. The summed E-state index contributed by atoms with van der Waals surface area (Å²) in [5.41, 5.74) is 2.82. The van der Waals surface area contributed by atoms with Crippen molar-refractivity contribution >= 4 is 16.9 Å². The average Bonchev–Trinajstić information content (AvgIpc) is 3.07. The van der Waals surface area contributed by atoms with Crippen LogP contribution in [-0.4, -0.2) is 18.2 Å². The van der Waals surface area contributed by atoms with Crippen molar-refractivity contribution in [1.29, 1.82) is 0 Å². The molecule has 1 N–H and O–H groups in total. The minimum absolute atomic E-state index is 0.147. The smallest absolute Gasteiger partial charge is 0.336 e. The van der Waals surface area contributed by atoms with Gasteiger partial charge in [-0.05, 0) is 41.8 Å². The monoisotopic (exact) mass is 356 g/mol. The Morgan fingerprint density at radius 2 is 2.04 bits per heavy atom. The van der Waals surface area contributed by atoms with Crippen LogP contribution in [-0.2, 0) is 17.8 Å². The maximum Gasteiger partial charge on any atom is 0.336 e. The van der Waals surface area contributed by atoms with E-state index in [1.165, 1.54) is 13.2 Å². The number of aromatic nitrogens is 1. The van der Waals surface area contributed by atoms with Gasteiger partial charge in [-0.25, -0.2) is 4.79 Å².